The Labute approximate surface area is 112 Å². The van der Waals surface area contributed by atoms with Crippen LogP contribution < -0.4 is 19.6 Å². The molecule has 1 aliphatic rings. The number of rotatable bonds is 2. The number of nitrogens with one attached hydrogen (secondary N) is 1. The third kappa shape index (κ3) is 2.34. The summed E-state index contributed by atoms with van der Waals surface area (Å²) in [6.45, 7) is 0.911. The predicted molar refractivity (Wildman–Crippen MR) is 67.4 cm³/mol. The second-order valence-corrected chi connectivity index (χ2v) is 4.17. The molecule has 6 nitrogen and oxygen atoms in total. The second-order valence-electron chi connectivity index (χ2n) is 3.77. The van der Waals surface area contributed by atoms with E-state index in [0.717, 1.165) is 0 Å². The first-order chi connectivity index (χ1) is 9.24. The average molecular weight is 281 g/mol. The minimum absolute atomic E-state index is 0.105. The number of hydrogen-bond donors (Lipinski definition) is 1. The van der Waals surface area contributed by atoms with Crippen LogP contribution in [0.15, 0.2) is 29.1 Å². The zero-order chi connectivity index (χ0) is 13.2. The smallest absolute Gasteiger partial charge is 0.285 e. The summed E-state index contributed by atoms with van der Waals surface area (Å²) in [6, 6.07) is 6.37. The van der Waals surface area contributed by atoms with E-state index in [0.29, 0.717) is 30.5 Å². The third-order valence-electron chi connectivity index (χ3n) is 2.47. The number of benzene rings is 1. The molecule has 0 aliphatic carbocycles. The van der Waals surface area contributed by atoms with E-state index < -0.39 is 5.43 Å². The van der Waals surface area contributed by atoms with Crippen LogP contribution in [-0.4, -0.2) is 23.4 Å². The standard InChI is InChI=1S/C12H9ClN2O4/c13-10-6-7(16)12(15-14-10)19-9-3-1-2-8-11(9)18-5-4-17-8/h1-3,6H,4-5H2,(H,14,16). The molecule has 0 bridgehead atoms. The zero-order valence-electron chi connectivity index (χ0n) is 9.68. The van der Waals surface area contributed by atoms with Crippen LogP contribution in [0.2, 0.25) is 5.15 Å². The van der Waals surface area contributed by atoms with Crippen molar-refractivity contribution in [2.45, 2.75) is 0 Å². The highest BCUT2D eigenvalue weighted by molar-refractivity contribution is 6.29. The lowest BCUT2D eigenvalue weighted by molar-refractivity contribution is 0.166. The van der Waals surface area contributed by atoms with Crippen molar-refractivity contribution in [1.82, 2.24) is 10.2 Å². The van der Waals surface area contributed by atoms with Gasteiger partial charge in [-0.1, -0.05) is 17.7 Å². The van der Waals surface area contributed by atoms with Gasteiger partial charge in [-0.2, -0.15) is 0 Å². The van der Waals surface area contributed by atoms with E-state index in [1.54, 1.807) is 18.2 Å². The van der Waals surface area contributed by atoms with E-state index in [4.69, 9.17) is 25.8 Å². The number of hydrogen-bond acceptors (Lipinski definition) is 5. The quantitative estimate of drug-likeness (QED) is 0.910. The maximum atomic E-state index is 11.6. The predicted octanol–water partition coefficient (Wildman–Crippen LogP) is 1.99. The summed E-state index contributed by atoms with van der Waals surface area (Å²) in [5.41, 5.74) is -0.418. The summed E-state index contributed by atoms with van der Waals surface area (Å²) in [5.74, 6) is 1.31. The van der Waals surface area contributed by atoms with Crippen LogP contribution in [0.1, 0.15) is 0 Å². The van der Waals surface area contributed by atoms with Crippen molar-refractivity contribution in [2.24, 2.45) is 0 Å². The van der Waals surface area contributed by atoms with Crippen molar-refractivity contribution in [1.29, 1.82) is 0 Å². The van der Waals surface area contributed by atoms with Crippen LogP contribution in [0, 0.1) is 0 Å². The van der Waals surface area contributed by atoms with Crippen molar-refractivity contribution in [3.63, 3.8) is 0 Å². The molecule has 98 valence electrons. The number of H-pyrrole nitrogens is 1. The lowest BCUT2D eigenvalue weighted by Gasteiger charge is -2.20. The second kappa shape index (κ2) is 4.81. The molecule has 1 aromatic heterocycles. The number of aromatic nitrogens is 2. The number of ether oxygens (including phenoxy) is 3. The Morgan fingerprint density at radius 2 is 2.16 bits per heavy atom. The molecule has 7 heteroatoms. The van der Waals surface area contributed by atoms with Gasteiger partial charge in [-0.15, -0.1) is 5.10 Å². The minimum atomic E-state index is -0.418. The average Bonchev–Trinajstić information content (AvgIpc) is 2.42. The summed E-state index contributed by atoms with van der Waals surface area (Å²) in [5, 5.41) is 6.34. The van der Waals surface area contributed by atoms with Gasteiger partial charge in [0.05, 0.1) is 0 Å². The van der Waals surface area contributed by atoms with Gasteiger partial charge in [0.25, 0.3) is 5.88 Å². The third-order valence-corrected chi connectivity index (χ3v) is 2.66. The number of nitrogens with zero attached hydrogens (tertiary/aromatic N) is 1. The molecule has 0 saturated carbocycles. The van der Waals surface area contributed by atoms with Gasteiger partial charge in [-0.05, 0) is 12.1 Å². The Bertz CT molecular complexity index is 671. The SMILES string of the molecule is O=c1cc(Cl)[nH]nc1Oc1cccc2c1OCCO2. The van der Waals surface area contributed by atoms with Crippen molar-refractivity contribution < 1.29 is 14.2 Å². The van der Waals surface area contributed by atoms with Crippen LogP contribution in [0.4, 0.5) is 0 Å². The lowest BCUT2D eigenvalue weighted by Crippen LogP contribution is -2.16. The van der Waals surface area contributed by atoms with Gasteiger partial charge >= 0.3 is 0 Å². The van der Waals surface area contributed by atoms with E-state index in [-0.39, 0.29) is 11.0 Å². The van der Waals surface area contributed by atoms with Crippen LogP contribution in [0.25, 0.3) is 0 Å². The maximum Gasteiger partial charge on any atom is 0.285 e. The van der Waals surface area contributed by atoms with Crippen LogP contribution in [-0.2, 0) is 0 Å². The Balaban J connectivity index is 1.97. The highest BCUT2D eigenvalue weighted by Gasteiger charge is 2.18. The normalized spacial score (nSPS) is 13.1. The summed E-state index contributed by atoms with van der Waals surface area (Å²) in [4.78, 5) is 11.6. The number of halogens is 1. The Morgan fingerprint density at radius 1 is 1.32 bits per heavy atom. The number of aromatic amines is 1. The molecule has 0 amide bonds. The fourth-order valence-electron chi connectivity index (χ4n) is 1.67. The van der Waals surface area contributed by atoms with Crippen molar-refractivity contribution in [2.75, 3.05) is 13.2 Å². The molecule has 1 N–H and O–H groups in total. The highest BCUT2D eigenvalue weighted by atomic mass is 35.5. The van der Waals surface area contributed by atoms with E-state index in [1.165, 1.54) is 6.07 Å². The molecule has 3 rings (SSSR count). The molecule has 1 aliphatic heterocycles. The molecule has 0 saturated heterocycles. The first kappa shape index (κ1) is 11.9. The molecule has 0 radical (unpaired) electrons. The topological polar surface area (TPSA) is 73.4 Å². The van der Waals surface area contributed by atoms with Gasteiger partial charge in [-0.25, -0.2) is 0 Å². The number of para-hydroxylation sites is 1. The van der Waals surface area contributed by atoms with Crippen LogP contribution in [0.5, 0.6) is 23.1 Å². The van der Waals surface area contributed by atoms with Crippen LogP contribution in [0.3, 0.4) is 0 Å². The monoisotopic (exact) mass is 280 g/mol. The summed E-state index contributed by atoms with van der Waals surface area (Å²) >= 11 is 5.62. The van der Waals surface area contributed by atoms with Crippen LogP contribution >= 0.6 is 11.6 Å². The summed E-state index contributed by atoms with van der Waals surface area (Å²) in [7, 11) is 0. The van der Waals surface area contributed by atoms with E-state index in [9.17, 15) is 4.79 Å². The highest BCUT2D eigenvalue weighted by Crippen LogP contribution is 2.40. The first-order valence-corrected chi connectivity index (χ1v) is 5.93. The zero-order valence-corrected chi connectivity index (χ0v) is 10.4. The van der Waals surface area contributed by atoms with E-state index >= 15 is 0 Å². The molecule has 0 fully saturated rings. The molecule has 1 aromatic carbocycles. The molecular weight excluding hydrogens is 272 g/mol. The van der Waals surface area contributed by atoms with Gasteiger partial charge < -0.3 is 14.2 Å². The summed E-state index contributed by atoms with van der Waals surface area (Å²) in [6.07, 6.45) is 0. The lowest BCUT2D eigenvalue weighted by atomic mass is 10.3. The Hall–Kier alpha value is -2.21. The molecular formula is C12H9ClN2O4. The van der Waals surface area contributed by atoms with Gasteiger partial charge in [0.15, 0.2) is 11.5 Å². The summed E-state index contributed by atoms with van der Waals surface area (Å²) < 4.78 is 16.3. The van der Waals surface area contributed by atoms with Gasteiger partial charge in [0.1, 0.15) is 18.4 Å². The van der Waals surface area contributed by atoms with Gasteiger partial charge in [-0.3, -0.25) is 9.89 Å². The molecule has 2 heterocycles. The molecule has 0 unspecified atom stereocenters. The fourth-order valence-corrected chi connectivity index (χ4v) is 1.81. The Morgan fingerprint density at radius 3 is 3.00 bits per heavy atom. The maximum absolute atomic E-state index is 11.6. The van der Waals surface area contributed by atoms with Gasteiger partial charge in [0, 0.05) is 6.07 Å². The first-order valence-electron chi connectivity index (χ1n) is 5.56. The molecule has 19 heavy (non-hydrogen) atoms. The molecule has 0 atom stereocenters. The van der Waals surface area contributed by atoms with Crippen molar-refractivity contribution in [3.05, 3.63) is 39.6 Å². The molecule has 0 spiro atoms. The van der Waals surface area contributed by atoms with Gasteiger partial charge in [0.2, 0.25) is 11.2 Å². The fraction of sp³-hybridized carbons (Fsp3) is 0.167. The van der Waals surface area contributed by atoms with E-state index in [1.807, 2.05) is 0 Å². The molecule has 2 aromatic rings. The largest absolute Gasteiger partial charge is 0.486 e. The van der Waals surface area contributed by atoms with E-state index in [2.05, 4.69) is 10.2 Å². The minimum Gasteiger partial charge on any atom is -0.486 e. The number of fused-ring (bicyclic) bond motifs is 1. The Kier molecular flexibility index (Phi) is 3.00. The van der Waals surface area contributed by atoms with Crippen molar-refractivity contribution in [3.8, 4) is 23.1 Å². The van der Waals surface area contributed by atoms with Crippen molar-refractivity contribution >= 4 is 11.6 Å².